The molecule has 2 rings (SSSR count). The molecule has 0 saturated heterocycles. The zero-order chi connectivity index (χ0) is 11.4. The molecule has 0 aliphatic heterocycles. The van der Waals surface area contributed by atoms with Crippen LogP contribution in [0.1, 0.15) is 13.3 Å². The van der Waals surface area contributed by atoms with Crippen molar-refractivity contribution in [1.82, 2.24) is 0 Å². The average Bonchev–Trinajstić information content (AvgIpc) is 2.30. The first-order valence-corrected chi connectivity index (χ1v) is 5.56. The molecule has 1 aromatic carbocycles. The first kappa shape index (κ1) is 10.7. The fourth-order valence-corrected chi connectivity index (χ4v) is 1.89. The predicted octanol–water partition coefficient (Wildman–Crippen LogP) is 2.71. The highest BCUT2D eigenvalue weighted by molar-refractivity contribution is 5.62. The number of allylic oxidation sites excluding steroid dienone is 5. The van der Waals surface area contributed by atoms with Gasteiger partial charge in [0, 0.05) is 0 Å². The van der Waals surface area contributed by atoms with Gasteiger partial charge in [-0.2, -0.15) is 0 Å². The van der Waals surface area contributed by atoms with Crippen LogP contribution in [0, 0.1) is 0 Å². The van der Waals surface area contributed by atoms with Crippen molar-refractivity contribution in [3.05, 3.63) is 71.2 Å². The Kier molecular flexibility index (Phi) is 3.21. The summed E-state index contributed by atoms with van der Waals surface area (Å²) < 4.78 is 0. The first-order valence-electron chi connectivity index (χ1n) is 5.56. The van der Waals surface area contributed by atoms with Crippen LogP contribution in [0.25, 0.3) is 11.6 Å². The van der Waals surface area contributed by atoms with Crippen molar-refractivity contribution in [2.45, 2.75) is 13.3 Å². The molecule has 0 fully saturated rings. The van der Waals surface area contributed by atoms with E-state index in [9.17, 15) is 0 Å². The molecule has 0 atom stereocenters. The van der Waals surface area contributed by atoms with Crippen LogP contribution in [0.2, 0.25) is 0 Å². The maximum absolute atomic E-state index is 3.94. The average molecular weight is 208 g/mol. The molecule has 0 bridgehead atoms. The van der Waals surface area contributed by atoms with E-state index in [-0.39, 0.29) is 0 Å². The van der Waals surface area contributed by atoms with E-state index < -0.39 is 0 Å². The van der Waals surface area contributed by atoms with E-state index in [1.807, 2.05) is 6.92 Å². The molecule has 0 heteroatoms. The summed E-state index contributed by atoms with van der Waals surface area (Å²) in [5.74, 6) is 0. The van der Waals surface area contributed by atoms with Crippen molar-refractivity contribution in [2.75, 3.05) is 0 Å². The first-order chi connectivity index (χ1) is 7.77. The SMILES string of the molecule is C=C(C)/C=c1/cccc/c1=C1\C=CC=CC1. The Balaban J connectivity index is 2.70. The molecule has 1 aliphatic rings. The molecule has 0 nitrogen and oxygen atoms in total. The number of hydrogen-bond acceptors (Lipinski definition) is 0. The Hall–Kier alpha value is -1.82. The lowest BCUT2D eigenvalue weighted by Gasteiger charge is -2.02. The van der Waals surface area contributed by atoms with Gasteiger partial charge >= 0.3 is 0 Å². The quantitative estimate of drug-likeness (QED) is 0.665. The van der Waals surface area contributed by atoms with E-state index in [0.717, 1.165) is 12.0 Å². The molecule has 0 radical (unpaired) electrons. The summed E-state index contributed by atoms with van der Waals surface area (Å²) in [6.45, 7) is 5.97. The van der Waals surface area contributed by atoms with Crippen LogP contribution in [0.15, 0.2) is 60.7 Å². The van der Waals surface area contributed by atoms with Crippen LogP contribution in [-0.4, -0.2) is 0 Å². The maximum atomic E-state index is 3.94. The Morgan fingerprint density at radius 1 is 1.25 bits per heavy atom. The van der Waals surface area contributed by atoms with Crippen LogP contribution in [0.4, 0.5) is 0 Å². The fourth-order valence-electron chi connectivity index (χ4n) is 1.89. The summed E-state index contributed by atoms with van der Waals surface area (Å²) in [6, 6.07) is 8.47. The second kappa shape index (κ2) is 4.80. The van der Waals surface area contributed by atoms with Gasteiger partial charge in [0.25, 0.3) is 0 Å². The van der Waals surface area contributed by atoms with Gasteiger partial charge in [-0.1, -0.05) is 66.8 Å². The van der Waals surface area contributed by atoms with E-state index in [2.05, 4.69) is 61.2 Å². The Morgan fingerprint density at radius 2 is 2.06 bits per heavy atom. The molecular weight excluding hydrogens is 192 g/mol. The van der Waals surface area contributed by atoms with Crippen LogP contribution in [-0.2, 0) is 0 Å². The molecule has 1 aromatic rings. The van der Waals surface area contributed by atoms with Crippen molar-refractivity contribution in [1.29, 1.82) is 0 Å². The zero-order valence-electron chi connectivity index (χ0n) is 9.61. The molecule has 1 aliphatic carbocycles. The molecule has 0 aromatic heterocycles. The van der Waals surface area contributed by atoms with E-state index in [1.165, 1.54) is 16.0 Å². The highest BCUT2D eigenvalue weighted by Crippen LogP contribution is 2.08. The zero-order valence-corrected chi connectivity index (χ0v) is 9.61. The van der Waals surface area contributed by atoms with Crippen molar-refractivity contribution >= 4 is 11.6 Å². The minimum absolute atomic E-state index is 1.01. The number of benzene rings is 1. The smallest absolute Gasteiger partial charge is 0.00882 e. The van der Waals surface area contributed by atoms with Gasteiger partial charge in [-0.3, -0.25) is 0 Å². The molecular formula is C16H16. The molecule has 0 unspecified atom stereocenters. The largest absolute Gasteiger partial charge is 0.0961 e. The second-order valence-electron chi connectivity index (χ2n) is 4.09. The summed E-state index contributed by atoms with van der Waals surface area (Å²) >= 11 is 0. The van der Waals surface area contributed by atoms with Crippen molar-refractivity contribution < 1.29 is 0 Å². The van der Waals surface area contributed by atoms with Crippen LogP contribution in [0.5, 0.6) is 0 Å². The fraction of sp³-hybridized carbons (Fsp3) is 0.125. The lowest BCUT2D eigenvalue weighted by Crippen LogP contribution is -2.26. The van der Waals surface area contributed by atoms with Crippen LogP contribution < -0.4 is 10.4 Å². The van der Waals surface area contributed by atoms with E-state index in [4.69, 9.17) is 0 Å². The molecule has 16 heavy (non-hydrogen) atoms. The number of rotatable bonds is 1. The van der Waals surface area contributed by atoms with Gasteiger partial charge in [0.1, 0.15) is 0 Å². The monoisotopic (exact) mass is 208 g/mol. The second-order valence-corrected chi connectivity index (χ2v) is 4.09. The Bertz CT molecular complexity index is 568. The van der Waals surface area contributed by atoms with Crippen molar-refractivity contribution in [3.8, 4) is 0 Å². The third kappa shape index (κ3) is 2.40. The van der Waals surface area contributed by atoms with Crippen molar-refractivity contribution in [2.24, 2.45) is 0 Å². The summed E-state index contributed by atoms with van der Waals surface area (Å²) in [5.41, 5.74) is 2.46. The third-order valence-corrected chi connectivity index (χ3v) is 2.59. The summed E-state index contributed by atoms with van der Waals surface area (Å²) in [6.07, 6.45) is 11.7. The Labute approximate surface area is 96.6 Å². The van der Waals surface area contributed by atoms with Crippen LogP contribution in [0.3, 0.4) is 0 Å². The van der Waals surface area contributed by atoms with Crippen molar-refractivity contribution in [3.63, 3.8) is 0 Å². The van der Waals surface area contributed by atoms with Gasteiger partial charge in [-0.25, -0.2) is 0 Å². The van der Waals surface area contributed by atoms with Gasteiger partial charge in [0.05, 0.1) is 0 Å². The third-order valence-electron chi connectivity index (χ3n) is 2.59. The Morgan fingerprint density at radius 3 is 2.75 bits per heavy atom. The number of hydrogen-bond donors (Lipinski definition) is 0. The topological polar surface area (TPSA) is 0 Å². The van der Waals surface area contributed by atoms with Gasteiger partial charge in [0.2, 0.25) is 0 Å². The van der Waals surface area contributed by atoms with E-state index >= 15 is 0 Å². The highest BCUT2D eigenvalue weighted by Gasteiger charge is 1.96. The van der Waals surface area contributed by atoms with Gasteiger partial charge in [-0.05, 0) is 29.4 Å². The summed E-state index contributed by atoms with van der Waals surface area (Å²) in [4.78, 5) is 0. The molecule has 0 N–H and O–H groups in total. The molecule has 0 spiro atoms. The van der Waals surface area contributed by atoms with E-state index in [1.54, 1.807) is 0 Å². The highest BCUT2D eigenvalue weighted by atomic mass is 14.0. The van der Waals surface area contributed by atoms with E-state index in [0.29, 0.717) is 0 Å². The lowest BCUT2D eigenvalue weighted by molar-refractivity contribution is 1.34. The molecule has 80 valence electrons. The minimum atomic E-state index is 1.01. The standard InChI is InChI=1S/C16H16/c1-13(2)12-15-10-6-7-11-16(15)14-8-4-3-5-9-14/h3-8,10-12H,1,9H2,2H3/b15-12-,16-14-. The minimum Gasteiger partial charge on any atom is -0.0961 e. The predicted molar refractivity (Wildman–Crippen MR) is 71.3 cm³/mol. The van der Waals surface area contributed by atoms with Gasteiger partial charge in [0.15, 0.2) is 0 Å². The van der Waals surface area contributed by atoms with Gasteiger partial charge < -0.3 is 0 Å². The lowest BCUT2D eigenvalue weighted by atomic mass is 10.0. The molecule has 0 saturated carbocycles. The van der Waals surface area contributed by atoms with Gasteiger partial charge in [-0.15, -0.1) is 0 Å². The molecule has 0 heterocycles. The van der Waals surface area contributed by atoms with Crippen LogP contribution >= 0.6 is 0 Å². The molecule has 0 amide bonds. The summed E-state index contributed by atoms with van der Waals surface area (Å²) in [5, 5.41) is 2.57. The summed E-state index contributed by atoms with van der Waals surface area (Å²) in [7, 11) is 0. The normalized spacial score (nSPS) is 18.9. The maximum Gasteiger partial charge on any atom is -0.00882 e.